The van der Waals surface area contributed by atoms with Gasteiger partial charge < -0.3 is 0 Å². The van der Waals surface area contributed by atoms with Gasteiger partial charge in [0.05, 0.1) is 0 Å². The summed E-state index contributed by atoms with van der Waals surface area (Å²) in [7, 11) is 0. The summed E-state index contributed by atoms with van der Waals surface area (Å²) in [5, 5.41) is 0. The number of aliphatic imine (C=N–C) groups is 1. The van der Waals surface area contributed by atoms with Crippen molar-refractivity contribution in [3.8, 4) is 0 Å². The van der Waals surface area contributed by atoms with Crippen LogP contribution in [0.15, 0.2) is 102 Å². The first-order chi connectivity index (χ1) is 12.3. The number of amidine groups is 1. The van der Waals surface area contributed by atoms with Gasteiger partial charge in [0.2, 0.25) is 0 Å². The van der Waals surface area contributed by atoms with Gasteiger partial charge in [0.1, 0.15) is 11.5 Å². The van der Waals surface area contributed by atoms with Crippen molar-refractivity contribution < 1.29 is 4.79 Å². The summed E-state index contributed by atoms with van der Waals surface area (Å²) in [4.78, 5) is 18.9. The second-order valence-electron chi connectivity index (χ2n) is 5.72. The van der Waals surface area contributed by atoms with E-state index in [1.807, 2.05) is 102 Å². The topological polar surface area (TPSA) is 32.7 Å². The van der Waals surface area contributed by atoms with Crippen molar-refractivity contribution in [2.75, 3.05) is 4.90 Å². The third-order valence-electron chi connectivity index (χ3n) is 4.03. The highest BCUT2D eigenvalue weighted by Gasteiger charge is 2.31. The minimum absolute atomic E-state index is 0.230. The molecule has 3 nitrogen and oxygen atoms in total. The average Bonchev–Trinajstić information content (AvgIpc) is 3.00. The Morgan fingerprint density at radius 1 is 0.720 bits per heavy atom. The van der Waals surface area contributed by atoms with E-state index in [2.05, 4.69) is 4.99 Å². The Labute approximate surface area is 146 Å². The van der Waals surface area contributed by atoms with Crippen molar-refractivity contribution in [3.63, 3.8) is 0 Å². The molecule has 4 rings (SSSR count). The fourth-order valence-electron chi connectivity index (χ4n) is 2.87. The number of carbonyl (C=O) groups is 1. The lowest BCUT2D eigenvalue weighted by molar-refractivity contribution is -0.113. The van der Waals surface area contributed by atoms with Crippen LogP contribution in [-0.4, -0.2) is 11.7 Å². The number of rotatable bonds is 3. The molecule has 0 fully saturated rings. The third-order valence-corrected chi connectivity index (χ3v) is 4.03. The van der Waals surface area contributed by atoms with Gasteiger partial charge in [0.15, 0.2) is 0 Å². The Morgan fingerprint density at radius 2 is 1.28 bits per heavy atom. The molecule has 0 aromatic heterocycles. The SMILES string of the molecule is O=C1N=C(c2ccccc2)N(c2ccccc2)C1=Cc1ccccc1. The number of para-hydroxylation sites is 1. The molecule has 1 amide bonds. The minimum atomic E-state index is -0.230. The minimum Gasteiger partial charge on any atom is -0.289 e. The molecule has 0 bridgehead atoms. The lowest BCUT2D eigenvalue weighted by Crippen LogP contribution is -2.27. The normalized spacial score (nSPS) is 15.5. The number of nitrogens with zero attached hydrogens (tertiary/aromatic N) is 2. The molecule has 25 heavy (non-hydrogen) atoms. The van der Waals surface area contributed by atoms with Gasteiger partial charge in [-0.25, -0.2) is 0 Å². The van der Waals surface area contributed by atoms with Gasteiger partial charge in [-0.3, -0.25) is 9.69 Å². The first kappa shape index (κ1) is 15.1. The van der Waals surface area contributed by atoms with Crippen LogP contribution in [0, 0.1) is 0 Å². The van der Waals surface area contributed by atoms with Crippen LogP contribution in [0.5, 0.6) is 0 Å². The second kappa shape index (κ2) is 6.57. The number of amides is 1. The fourth-order valence-corrected chi connectivity index (χ4v) is 2.87. The molecule has 0 atom stereocenters. The lowest BCUT2D eigenvalue weighted by atomic mass is 10.1. The van der Waals surface area contributed by atoms with Gasteiger partial charge in [0, 0.05) is 11.3 Å². The summed E-state index contributed by atoms with van der Waals surface area (Å²) in [6.45, 7) is 0. The zero-order valence-corrected chi connectivity index (χ0v) is 13.5. The molecule has 0 unspecified atom stereocenters. The van der Waals surface area contributed by atoms with Gasteiger partial charge in [-0.05, 0) is 23.8 Å². The van der Waals surface area contributed by atoms with Crippen LogP contribution >= 0.6 is 0 Å². The van der Waals surface area contributed by atoms with E-state index >= 15 is 0 Å². The zero-order valence-electron chi connectivity index (χ0n) is 13.5. The van der Waals surface area contributed by atoms with Gasteiger partial charge in [-0.15, -0.1) is 0 Å². The first-order valence-corrected chi connectivity index (χ1v) is 8.13. The number of benzene rings is 3. The highest BCUT2D eigenvalue weighted by atomic mass is 16.2. The van der Waals surface area contributed by atoms with Crippen LogP contribution < -0.4 is 4.90 Å². The molecular weight excluding hydrogens is 308 g/mol. The van der Waals surface area contributed by atoms with Crippen LogP contribution in [0.25, 0.3) is 6.08 Å². The molecule has 120 valence electrons. The Kier molecular flexibility index (Phi) is 3.97. The molecule has 0 saturated carbocycles. The first-order valence-electron chi connectivity index (χ1n) is 8.13. The monoisotopic (exact) mass is 324 g/mol. The Bertz CT molecular complexity index is 945. The zero-order chi connectivity index (χ0) is 17.1. The summed E-state index contributed by atoms with van der Waals surface area (Å²) >= 11 is 0. The summed E-state index contributed by atoms with van der Waals surface area (Å²) in [6.07, 6.45) is 1.88. The number of hydrogen-bond acceptors (Lipinski definition) is 2. The number of anilines is 1. The van der Waals surface area contributed by atoms with Crippen LogP contribution in [0.4, 0.5) is 5.69 Å². The van der Waals surface area contributed by atoms with Crippen molar-refractivity contribution >= 4 is 23.5 Å². The van der Waals surface area contributed by atoms with Crippen LogP contribution in [0.1, 0.15) is 11.1 Å². The highest BCUT2D eigenvalue weighted by molar-refractivity contribution is 6.28. The molecule has 0 spiro atoms. The summed E-state index contributed by atoms with van der Waals surface area (Å²) < 4.78 is 0. The fraction of sp³-hybridized carbons (Fsp3) is 0. The smallest absolute Gasteiger partial charge is 0.289 e. The van der Waals surface area contributed by atoms with Gasteiger partial charge in [0.25, 0.3) is 5.91 Å². The molecule has 0 N–H and O–H groups in total. The largest absolute Gasteiger partial charge is 0.296 e. The quantitative estimate of drug-likeness (QED) is 0.664. The van der Waals surface area contributed by atoms with E-state index in [0.717, 1.165) is 16.8 Å². The van der Waals surface area contributed by atoms with Gasteiger partial charge in [-0.1, -0.05) is 78.9 Å². The lowest BCUT2D eigenvalue weighted by Gasteiger charge is -2.21. The van der Waals surface area contributed by atoms with Crippen molar-refractivity contribution in [3.05, 3.63) is 108 Å². The summed E-state index contributed by atoms with van der Waals surface area (Å²) in [6, 6.07) is 29.4. The van der Waals surface area contributed by atoms with Crippen molar-refractivity contribution in [1.29, 1.82) is 0 Å². The van der Waals surface area contributed by atoms with Crippen LogP contribution in [0.3, 0.4) is 0 Å². The molecule has 0 aliphatic carbocycles. The molecule has 1 heterocycles. The van der Waals surface area contributed by atoms with Crippen molar-refractivity contribution in [2.45, 2.75) is 0 Å². The highest BCUT2D eigenvalue weighted by Crippen LogP contribution is 2.29. The molecule has 3 heteroatoms. The molecule has 3 aromatic rings. The molecular formula is C22H16N2O. The molecule has 1 aliphatic heterocycles. The second-order valence-corrected chi connectivity index (χ2v) is 5.72. The maximum absolute atomic E-state index is 12.6. The maximum atomic E-state index is 12.6. The molecule has 0 saturated heterocycles. The van der Waals surface area contributed by atoms with E-state index in [0.29, 0.717) is 11.5 Å². The Balaban J connectivity index is 1.85. The predicted octanol–water partition coefficient (Wildman–Crippen LogP) is 4.52. The average molecular weight is 324 g/mol. The van der Waals surface area contributed by atoms with E-state index in [1.165, 1.54) is 0 Å². The van der Waals surface area contributed by atoms with Crippen LogP contribution in [0.2, 0.25) is 0 Å². The van der Waals surface area contributed by atoms with E-state index in [9.17, 15) is 4.79 Å². The summed E-state index contributed by atoms with van der Waals surface area (Å²) in [5.74, 6) is 0.422. The molecule has 1 aliphatic rings. The van der Waals surface area contributed by atoms with Crippen LogP contribution in [-0.2, 0) is 4.79 Å². The van der Waals surface area contributed by atoms with E-state index in [4.69, 9.17) is 0 Å². The molecule has 3 aromatic carbocycles. The standard InChI is InChI=1S/C22H16N2O/c25-22-20(16-17-10-4-1-5-11-17)24(19-14-8-3-9-15-19)21(23-22)18-12-6-2-7-13-18/h1-16H. The van der Waals surface area contributed by atoms with Gasteiger partial charge >= 0.3 is 0 Å². The predicted molar refractivity (Wildman–Crippen MR) is 101 cm³/mol. The third kappa shape index (κ3) is 3.00. The van der Waals surface area contributed by atoms with Crippen molar-refractivity contribution in [1.82, 2.24) is 0 Å². The maximum Gasteiger partial charge on any atom is 0.296 e. The van der Waals surface area contributed by atoms with E-state index in [1.54, 1.807) is 0 Å². The van der Waals surface area contributed by atoms with Gasteiger partial charge in [-0.2, -0.15) is 4.99 Å². The van der Waals surface area contributed by atoms with E-state index < -0.39 is 0 Å². The molecule has 0 radical (unpaired) electrons. The Hall–Kier alpha value is -3.46. The Morgan fingerprint density at radius 3 is 1.92 bits per heavy atom. The van der Waals surface area contributed by atoms with Crippen molar-refractivity contribution in [2.24, 2.45) is 4.99 Å². The number of carbonyl (C=O) groups excluding carboxylic acids is 1. The van der Waals surface area contributed by atoms with E-state index in [-0.39, 0.29) is 5.91 Å². The number of hydrogen-bond donors (Lipinski definition) is 0. The summed E-state index contributed by atoms with van der Waals surface area (Å²) in [5.41, 5.74) is 3.35.